The van der Waals surface area contributed by atoms with Gasteiger partial charge in [-0.3, -0.25) is 0 Å². The van der Waals surface area contributed by atoms with Crippen molar-refractivity contribution in [1.29, 1.82) is 0 Å². The lowest BCUT2D eigenvalue weighted by molar-refractivity contribution is 0.695. The fraction of sp³-hybridized carbons (Fsp3) is 0.417. The Balaban J connectivity index is 2.00. The van der Waals surface area contributed by atoms with Gasteiger partial charge in [0, 0.05) is 23.2 Å². The summed E-state index contributed by atoms with van der Waals surface area (Å²) in [6.45, 7) is 0. The lowest BCUT2D eigenvalue weighted by atomic mass is 10.0. The molecule has 3 rings (SSSR count). The lowest BCUT2D eigenvalue weighted by Gasteiger charge is -2.09. The van der Waals surface area contributed by atoms with Crippen molar-refractivity contribution in [2.45, 2.75) is 31.6 Å². The minimum Gasteiger partial charge on any atom is -0.241 e. The molecule has 0 aromatic carbocycles. The number of hydrogen-bond acceptors (Lipinski definition) is 4. The highest BCUT2D eigenvalue weighted by atomic mass is 35.5. The van der Waals surface area contributed by atoms with Crippen molar-refractivity contribution in [3.63, 3.8) is 0 Å². The van der Waals surface area contributed by atoms with Crippen molar-refractivity contribution < 1.29 is 0 Å². The summed E-state index contributed by atoms with van der Waals surface area (Å²) >= 11 is 7.61. The minimum absolute atomic E-state index is 0.520. The summed E-state index contributed by atoms with van der Waals surface area (Å²) in [6, 6.07) is 1.90. The zero-order valence-electron chi connectivity index (χ0n) is 9.27. The van der Waals surface area contributed by atoms with Gasteiger partial charge in [-0.15, -0.1) is 11.3 Å². The van der Waals surface area contributed by atoms with Crippen molar-refractivity contribution in [3.8, 4) is 10.8 Å². The van der Waals surface area contributed by atoms with Gasteiger partial charge >= 0.3 is 0 Å². The van der Waals surface area contributed by atoms with Crippen LogP contribution in [-0.4, -0.2) is 15.0 Å². The van der Waals surface area contributed by atoms with Crippen LogP contribution in [0.4, 0.5) is 0 Å². The van der Waals surface area contributed by atoms with Crippen molar-refractivity contribution >= 4 is 22.9 Å². The van der Waals surface area contributed by atoms with Crippen molar-refractivity contribution in [3.05, 3.63) is 28.5 Å². The second-order valence-corrected chi connectivity index (χ2v) is 5.54. The standard InChI is InChI=1S/C12H12ClN3S/c13-10-7-9(8-3-1-2-4-8)15-11(16-10)12-14-5-6-17-12/h5-8H,1-4H2. The first kappa shape index (κ1) is 11.1. The Kier molecular flexibility index (Phi) is 3.07. The van der Waals surface area contributed by atoms with Crippen LogP contribution >= 0.6 is 22.9 Å². The number of thiazole rings is 1. The van der Waals surface area contributed by atoms with Gasteiger partial charge in [0.15, 0.2) is 10.8 Å². The number of halogens is 1. The molecule has 0 bridgehead atoms. The highest BCUT2D eigenvalue weighted by Crippen LogP contribution is 2.34. The summed E-state index contributed by atoms with van der Waals surface area (Å²) in [5.41, 5.74) is 1.08. The maximum atomic E-state index is 6.07. The maximum Gasteiger partial charge on any atom is 0.190 e. The third-order valence-electron chi connectivity index (χ3n) is 3.11. The third kappa shape index (κ3) is 2.33. The van der Waals surface area contributed by atoms with E-state index >= 15 is 0 Å². The van der Waals surface area contributed by atoms with Crippen LogP contribution in [0.2, 0.25) is 5.15 Å². The maximum absolute atomic E-state index is 6.07. The Morgan fingerprint density at radius 3 is 2.76 bits per heavy atom. The van der Waals surface area contributed by atoms with E-state index in [0.717, 1.165) is 10.7 Å². The van der Waals surface area contributed by atoms with E-state index in [9.17, 15) is 0 Å². The molecule has 0 N–H and O–H groups in total. The third-order valence-corrected chi connectivity index (χ3v) is 4.07. The van der Waals surface area contributed by atoms with Gasteiger partial charge in [0.2, 0.25) is 0 Å². The normalized spacial score (nSPS) is 16.5. The van der Waals surface area contributed by atoms with E-state index in [4.69, 9.17) is 11.6 Å². The molecule has 2 aromatic heterocycles. The van der Waals surface area contributed by atoms with Crippen LogP contribution in [-0.2, 0) is 0 Å². The van der Waals surface area contributed by atoms with Gasteiger partial charge in [-0.1, -0.05) is 24.4 Å². The molecule has 3 nitrogen and oxygen atoms in total. The summed E-state index contributed by atoms with van der Waals surface area (Å²) < 4.78 is 0. The molecule has 0 radical (unpaired) electrons. The van der Waals surface area contributed by atoms with Crippen molar-refractivity contribution in [2.75, 3.05) is 0 Å². The molecular weight excluding hydrogens is 254 g/mol. The first-order valence-corrected chi connectivity index (χ1v) is 7.03. The summed E-state index contributed by atoms with van der Waals surface area (Å²) in [6.07, 6.45) is 6.77. The Labute approximate surface area is 109 Å². The van der Waals surface area contributed by atoms with Gasteiger partial charge < -0.3 is 0 Å². The van der Waals surface area contributed by atoms with Crippen LogP contribution in [0.3, 0.4) is 0 Å². The van der Waals surface area contributed by atoms with E-state index in [1.54, 1.807) is 17.5 Å². The van der Waals surface area contributed by atoms with Crippen LogP contribution < -0.4 is 0 Å². The van der Waals surface area contributed by atoms with E-state index in [1.165, 1.54) is 25.7 Å². The van der Waals surface area contributed by atoms with Gasteiger partial charge in [0.1, 0.15) is 5.15 Å². The van der Waals surface area contributed by atoms with E-state index in [2.05, 4.69) is 15.0 Å². The van der Waals surface area contributed by atoms with Gasteiger partial charge in [0.05, 0.1) is 0 Å². The molecule has 1 saturated carbocycles. The molecule has 1 aliphatic rings. The average molecular weight is 266 g/mol. The Hall–Kier alpha value is -1.00. The molecule has 0 unspecified atom stereocenters. The molecular formula is C12H12ClN3S. The lowest BCUT2D eigenvalue weighted by Crippen LogP contribution is -2.00. The summed E-state index contributed by atoms with van der Waals surface area (Å²) in [4.78, 5) is 13.1. The SMILES string of the molecule is Clc1cc(C2CCCC2)nc(-c2nccs2)n1. The van der Waals surface area contributed by atoms with Crippen molar-refractivity contribution in [2.24, 2.45) is 0 Å². The van der Waals surface area contributed by atoms with Crippen LogP contribution in [0.25, 0.3) is 10.8 Å². The monoisotopic (exact) mass is 265 g/mol. The number of rotatable bonds is 2. The largest absolute Gasteiger partial charge is 0.241 e. The quantitative estimate of drug-likeness (QED) is 0.773. The molecule has 17 heavy (non-hydrogen) atoms. The predicted molar refractivity (Wildman–Crippen MR) is 69.4 cm³/mol. The zero-order valence-corrected chi connectivity index (χ0v) is 10.8. The second-order valence-electron chi connectivity index (χ2n) is 4.26. The van der Waals surface area contributed by atoms with Crippen molar-refractivity contribution in [1.82, 2.24) is 15.0 Å². The topological polar surface area (TPSA) is 38.7 Å². The molecule has 5 heteroatoms. The van der Waals surface area contributed by atoms with E-state index in [0.29, 0.717) is 16.9 Å². The highest BCUT2D eigenvalue weighted by molar-refractivity contribution is 7.13. The Bertz CT molecular complexity index is 506. The van der Waals surface area contributed by atoms with Crippen LogP contribution in [0.1, 0.15) is 37.3 Å². The van der Waals surface area contributed by atoms with Gasteiger partial charge in [-0.05, 0) is 18.9 Å². The fourth-order valence-electron chi connectivity index (χ4n) is 2.30. The molecule has 88 valence electrons. The van der Waals surface area contributed by atoms with E-state index in [-0.39, 0.29) is 0 Å². The Morgan fingerprint density at radius 1 is 1.24 bits per heavy atom. The molecule has 1 fully saturated rings. The molecule has 0 atom stereocenters. The minimum atomic E-state index is 0.520. The zero-order chi connectivity index (χ0) is 11.7. The number of hydrogen-bond donors (Lipinski definition) is 0. The van der Waals surface area contributed by atoms with Gasteiger partial charge in [-0.25, -0.2) is 15.0 Å². The molecule has 1 aliphatic carbocycles. The fourth-order valence-corrected chi connectivity index (χ4v) is 3.06. The highest BCUT2D eigenvalue weighted by Gasteiger charge is 2.20. The number of nitrogens with zero attached hydrogens (tertiary/aromatic N) is 3. The van der Waals surface area contributed by atoms with E-state index < -0.39 is 0 Å². The molecule has 0 spiro atoms. The van der Waals surface area contributed by atoms with Crippen LogP contribution in [0.15, 0.2) is 17.6 Å². The summed E-state index contributed by atoms with van der Waals surface area (Å²) in [5.74, 6) is 1.21. The first-order valence-electron chi connectivity index (χ1n) is 5.77. The average Bonchev–Trinajstić information content (AvgIpc) is 3.02. The van der Waals surface area contributed by atoms with Gasteiger partial charge in [-0.2, -0.15) is 0 Å². The van der Waals surface area contributed by atoms with Crippen LogP contribution in [0, 0.1) is 0 Å². The predicted octanol–water partition coefficient (Wildman–Crippen LogP) is 3.91. The molecule has 0 aliphatic heterocycles. The van der Waals surface area contributed by atoms with E-state index in [1.807, 2.05) is 11.4 Å². The summed E-state index contributed by atoms with van der Waals surface area (Å²) in [5, 5.41) is 3.29. The molecule has 2 heterocycles. The van der Waals surface area contributed by atoms with Gasteiger partial charge in [0.25, 0.3) is 0 Å². The number of aromatic nitrogens is 3. The second kappa shape index (κ2) is 4.70. The molecule has 0 amide bonds. The smallest absolute Gasteiger partial charge is 0.190 e. The Morgan fingerprint density at radius 2 is 2.06 bits per heavy atom. The summed E-state index contributed by atoms with van der Waals surface area (Å²) in [7, 11) is 0. The molecule has 0 saturated heterocycles. The molecule has 2 aromatic rings. The van der Waals surface area contributed by atoms with Crippen LogP contribution in [0.5, 0.6) is 0 Å². The first-order chi connectivity index (χ1) is 8.33.